The first-order valence-corrected chi connectivity index (χ1v) is 12.3. The summed E-state index contributed by atoms with van der Waals surface area (Å²) in [7, 11) is -3.31. The predicted octanol–water partition coefficient (Wildman–Crippen LogP) is 4.52. The number of aryl methyl sites for hydroxylation is 1. The summed E-state index contributed by atoms with van der Waals surface area (Å²) < 4.78 is 35.1. The van der Waals surface area contributed by atoms with Crippen molar-refractivity contribution < 1.29 is 22.7 Å². The number of hydrogen-bond donors (Lipinski definition) is 0. The van der Waals surface area contributed by atoms with Gasteiger partial charge < -0.3 is 14.4 Å². The summed E-state index contributed by atoms with van der Waals surface area (Å²) in [6, 6.07) is 8.15. The number of rotatable bonds is 7. The lowest BCUT2D eigenvalue weighted by molar-refractivity contribution is 0.0984. The maximum atomic E-state index is 13.3. The zero-order chi connectivity index (χ0) is 21.9. The summed E-state index contributed by atoms with van der Waals surface area (Å²) in [5.74, 6) is 0.660. The van der Waals surface area contributed by atoms with Crippen LogP contribution in [-0.2, 0) is 16.3 Å². The summed E-state index contributed by atoms with van der Waals surface area (Å²) in [5, 5.41) is 0.322. The summed E-state index contributed by atoms with van der Waals surface area (Å²) in [6.45, 7) is 5.30. The van der Waals surface area contributed by atoms with Crippen LogP contribution >= 0.6 is 11.6 Å². The van der Waals surface area contributed by atoms with E-state index < -0.39 is 9.84 Å². The maximum absolute atomic E-state index is 13.3. The fourth-order valence-corrected chi connectivity index (χ4v) is 4.41. The Morgan fingerprint density at radius 1 is 1.17 bits per heavy atom. The topological polar surface area (TPSA) is 72.9 Å². The Hall–Kier alpha value is -2.25. The number of carbonyl (C=O) groups excluding carboxylic acids is 1. The van der Waals surface area contributed by atoms with Gasteiger partial charge in [0.1, 0.15) is 0 Å². The highest BCUT2D eigenvalue weighted by molar-refractivity contribution is 7.90. The van der Waals surface area contributed by atoms with Crippen LogP contribution in [-0.4, -0.2) is 40.3 Å². The first-order valence-electron chi connectivity index (χ1n) is 10.00. The first kappa shape index (κ1) is 22.4. The van der Waals surface area contributed by atoms with E-state index in [1.807, 2.05) is 13.8 Å². The molecule has 8 heteroatoms. The molecule has 1 heterocycles. The van der Waals surface area contributed by atoms with Gasteiger partial charge in [0.15, 0.2) is 21.3 Å². The van der Waals surface area contributed by atoms with Crippen molar-refractivity contribution in [3.05, 3.63) is 46.5 Å². The number of ether oxygens (including phenoxy) is 2. The molecular weight excluding hydrogens is 426 g/mol. The van der Waals surface area contributed by atoms with Crippen LogP contribution in [0.15, 0.2) is 35.2 Å². The third-order valence-corrected chi connectivity index (χ3v) is 6.24. The minimum absolute atomic E-state index is 0.215. The number of nitrogens with zero attached hydrogens (tertiary/aromatic N) is 1. The monoisotopic (exact) mass is 451 g/mol. The Balaban J connectivity index is 1.98. The normalized spacial score (nSPS) is 13.7. The molecule has 0 aromatic heterocycles. The van der Waals surface area contributed by atoms with Gasteiger partial charge in [0.2, 0.25) is 0 Å². The van der Waals surface area contributed by atoms with Crippen molar-refractivity contribution in [2.75, 3.05) is 30.9 Å². The van der Waals surface area contributed by atoms with Gasteiger partial charge in [-0.25, -0.2) is 8.42 Å². The highest BCUT2D eigenvalue weighted by atomic mass is 35.5. The molecule has 1 aliphatic heterocycles. The Labute approximate surface area is 182 Å². The number of sulfone groups is 1. The van der Waals surface area contributed by atoms with Gasteiger partial charge in [0, 0.05) is 24.1 Å². The summed E-state index contributed by atoms with van der Waals surface area (Å²) in [4.78, 5) is 15.3. The lowest BCUT2D eigenvalue weighted by Crippen LogP contribution is -2.35. The zero-order valence-electron chi connectivity index (χ0n) is 17.4. The van der Waals surface area contributed by atoms with Gasteiger partial charge in [0.05, 0.1) is 23.1 Å². The molecule has 1 amide bonds. The first-order chi connectivity index (χ1) is 14.3. The van der Waals surface area contributed by atoms with Crippen molar-refractivity contribution >= 4 is 33.0 Å². The molecule has 6 nitrogen and oxygen atoms in total. The number of anilines is 1. The molecule has 0 bridgehead atoms. The SMILES string of the molecule is CCCOc1c(Cl)cc(C(=O)N2CCCc3cc(S(C)(=O)=O)ccc32)cc1OCC. The number of hydrogen-bond acceptors (Lipinski definition) is 5. The molecular formula is C22H26ClNO5S. The number of benzene rings is 2. The largest absolute Gasteiger partial charge is 0.490 e. The number of halogens is 1. The highest BCUT2D eigenvalue weighted by Crippen LogP contribution is 2.38. The molecule has 0 radical (unpaired) electrons. The molecule has 0 saturated heterocycles. The van der Waals surface area contributed by atoms with E-state index in [1.165, 1.54) is 6.26 Å². The van der Waals surface area contributed by atoms with E-state index in [9.17, 15) is 13.2 Å². The van der Waals surface area contributed by atoms with Crippen molar-refractivity contribution in [3.63, 3.8) is 0 Å². The molecule has 0 spiro atoms. The van der Waals surface area contributed by atoms with Crippen LogP contribution in [0.3, 0.4) is 0 Å². The van der Waals surface area contributed by atoms with Crippen molar-refractivity contribution in [1.82, 2.24) is 0 Å². The molecule has 0 atom stereocenters. The van der Waals surface area contributed by atoms with Crippen molar-refractivity contribution in [2.24, 2.45) is 0 Å². The van der Waals surface area contributed by atoms with E-state index in [0.29, 0.717) is 41.8 Å². The summed E-state index contributed by atoms with van der Waals surface area (Å²) in [5.41, 5.74) is 1.96. The smallest absolute Gasteiger partial charge is 0.258 e. The van der Waals surface area contributed by atoms with Gasteiger partial charge in [-0.3, -0.25) is 4.79 Å². The minimum Gasteiger partial charge on any atom is -0.490 e. The van der Waals surface area contributed by atoms with E-state index in [4.69, 9.17) is 21.1 Å². The van der Waals surface area contributed by atoms with Crippen LogP contribution in [0, 0.1) is 0 Å². The van der Waals surface area contributed by atoms with Crippen LogP contribution in [0.2, 0.25) is 5.02 Å². The molecule has 0 N–H and O–H groups in total. The molecule has 0 aliphatic carbocycles. The standard InChI is InChI=1S/C22H26ClNO5S/c1-4-11-29-21-18(23)13-16(14-20(21)28-5-2)22(25)24-10-6-7-15-12-17(30(3,26)27)8-9-19(15)24/h8-9,12-14H,4-7,10-11H2,1-3H3. The van der Waals surface area contributed by atoms with Gasteiger partial charge in [-0.1, -0.05) is 18.5 Å². The van der Waals surface area contributed by atoms with Crippen LogP contribution in [0.1, 0.15) is 42.6 Å². The molecule has 2 aromatic rings. The Morgan fingerprint density at radius 3 is 2.60 bits per heavy atom. The highest BCUT2D eigenvalue weighted by Gasteiger charge is 2.26. The van der Waals surface area contributed by atoms with Crippen LogP contribution < -0.4 is 14.4 Å². The second kappa shape index (κ2) is 9.27. The minimum atomic E-state index is -3.31. The Morgan fingerprint density at radius 2 is 1.93 bits per heavy atom. The van der Waals surface area contributed by atoms with Gasteiger partial charge >= 0.3 is 0 Å². The van der Waals surface area contributed by atoms with Crippen molar-refractivity contribution in [2.45, 2.75) is 38.0 Å². The van der Waals surface area contributed by atoms with Gasteiger partial charge in [-0.2, -0.15) is 0 Å². The molecule has 0 saturated carbocycles. The van der Waals surface area contributed by atoms with Gasteiger partial charge in [-0.15, -0.1) is 0 Å². The van der Waals surface area contributed by atoms with E-state index >= 15 is 0 Å². The second-order valence-electron chi connectivity index (χ2n) is 7.19. The Kier molecular flexibility index (Phi) is 6.93. The molecule has 162 valence electrons. The fraction of sp³-hybridized carbons (Fsp3) is 0.409. The summed E-state index contributed by atoms with van der Waals surface area (Å²) >= 11 is 6.42. The van der Waals surface area contributed by atoms with Crippen LogP contribution in [0.4, 0.5) is 5.69 Å². The second-order valence-corrected chi connectivity index (χ2v) is 9.61. The van der Waals surface area contributed by atoms with Gasteiger partial charge in [-0.05, 0) is 62.1 Å². The van der Waals surface area contributed by atoms with Gasteiger partial charge in [0.25, 0.3) is 5.91 Å². The number of fused-ring (bicyclic) bond motifs is 1. The van der Waals surface area contributed by atoms with Crippen molar-refractivity contribution in [1.29, 1.82) is 0 Å². The van der Waals surface area contributed by atoms with E-state index in [-0.39, 0.29) is 10.8 Å². The van der Waals surface area contributed by atoms with Crippen molar-refractivity contribution in [3.8, 4) is 11.5 Å². The van der Waals surface area contributed by atoms with E-state index in [1.54, 1.807) is 35.2 Å². The van der Waals surface area contributed by atoms with E-state index in [2.05, 4.69) is 0 Å². The molecule has 0 fully saturated rings. The quantitative estimate of drug-likeness (QED) is 0.618. The van der Waals surface area contributed by atoms with E-state index in [0.717, 1.165) is 30.5 Å². The molecule has 1 aliphatic rings. The molecule has 0 unspecified atom stereocenters. The average molecular weight is 452 g/mol. The summed E-state index contributed by atoms with van der Waals surface area (Å²) in [6.07, 6.45) is 3.47. The number of carbonyl (C=O) groups is 1. The molecule has 30 heavy (non-hydrogen) atoms. The fourth-order valence-electron chi connectivity index (χ4n) is 3.47. The Bertz CT molecular complexity index is 1050. The maximum Gasteiger partial charge on any atom is 0.258 e. The zero-order valence-corrected chi connectivity index (χ0v) is 19.0. The van der Waals surface area contributed by atoms with Crippen LogP contribution in [0.5, 0.6) is 11.5 Å². The lowest BCUT2D eigenvalue weighted by Gasteiger charge is -2.30. The molecule has 2 aromatic carbocycles. The number of amides is 1. The lowest BCUT2D eigenvalue weighted by atomic mass is 10.0. The third kappa shape index (κ3) is 4.73. The average Bonchev–Trinajstić information content (AvgIpc) is 2.71. The third-order valence-electron chi connectivity index (χ3n) is 4.85. The predicted molar refractivity (Wildman–Crippen MR) is 118 cm³/mol. The molecule has 3 rings (SSSR count). The van der Waals surface area contributed by atoms with Crippen LogP contribution in [0.25, 0.3) is 0 Å².